The van der Waals surface area contributed by atoms with E-state index in [4.69, 9.17) is 4.42 Å². The summed E-state index contributed by atoms with van der Waals surface area (Å²) in [6.07, 6.45) is 1.76. The van der Waals surface area contributed by atoms with Crippen molar-refractivity contribution in [3.63, 3.8) is 0 Å². The van der Waals surface area contributed by atoms with E-state index >= 15 is 0 Å². The Morgan fingerprint density at radius 1 is 1.29 bits per heavy atom. The molecule has 1 aliphatic heterocycles. The van der Waals surface area contributed by atoms with Crippen molar-refractivity contribution >= 4 is 33.0 Å². The van der Waals surface area contributed by atoms with Gasteiger partial charge in [-0.2, -0.15) is 4.31 Å². The molecule has 0 saturated heterocycles. The molecule has 1 amide bonds. The highest BCUT2D eigenvalue weighted by atomic mass is 32.2. The summed E-state index contributed by atoms with van der Waals surface area (Å²) in [5, 5.41) is 5.26. The number of amides is 1. The van der Waals surface area contributed by atoms with Gasteiger partial charge in [0.05, 0.1) is 6.26 Å². The van der Waals surface area contributed by atoms with E-state index in [2.05, 4.69) is 10.3 Å². The highest BCUT2D eigenvalue weighted by Gasteiger charge is 2.25. The molecule has 4 rings (SSSR count). The number of thiazole rings is 1. The van der Waals surface area contributed by atoms with Gasteiger partial charge in [0.15, 0.2) is 10.8 Å². The molecule has 0 atom stereocenters. The molecular weight excluding hydrogens is 398 g/mol. The van der Waals surface area contributed by atoms with Gasteiger partial charge in [-0.1, -0.05) is 12.1 Å². The summed E-state index contributed by atoms with van der Waals surface area (Å²) in [6.45, 7) is 2.57. The molecule has 1 N–H and O–H groups in total. The maximum absolute atomic E-state index is 12.7. The number of nitrogens with one attached hydrogen (secondary N) is 1. The molecule has 1 aromatic carbocycles. The third kappa shape index (κ3) is 3.73. The second kappa shape index (κ2) is 7.16. The van der Waals surface area contributed by atoms with Crippen LogP contribution in [0, 0.1) is 6.92 Å². The molecule has 2 aromatic heterocycles. The Bertz CT molecular complexity index is 1150. The van der Waals surface area contributed by atoms with Crippen LogP contribution in [-0.2, 0) is 23.0 Å². The number of aryl methyl sites for hydroxylation is 1. The maximum atomic E-state index is 12.7. The Hall–Kier alpha value is -2.49. The minimum absolute atomic E-state index is 0.301. The first-order chi connectivity index (χ1) is 13.3. The third-order valence-corrected chi connectivity index (χ3v) is 6.74. The first-order valence-corrected chi connectivity index (χ1v) is 11.4. The van der Waals surface area contributed by atoms with E-state index < -0.39 is 10.0 Å². The van der Waals surface area contributed by atoms with Crippen LogP contribution in [0.25, 0.3) is 10.8 Å². The Morgan fingerprint density at radius 2 is 2.11 bits per heavy atom. The van der Waals surface area contributed by atoms with E-state index in [1.165, 1.54) is 21.9 Å². The largest absolute Gasteiger partial charge is 0.459 e. The van der Waals surface area contributed by atoms with Gasteiger partial charge in [-0.25, -0.2) is 13.4 Å². The van der Waals surface area contributed by atoms with Crippen molar-refractivity contribution in [2.45, 2.75) is 19.9 Å². The van der Waals surface area contributed by atoms with Crippen molar-refractivity contribution in [3.8, 4) is 10.8 Å². The van der Waals surface area contributed by atoms with E-state index in [0.717, 1.165) is 16.9 Å². The molecule has 9 heteroatoms. The molecule has 3 aromatic rings. The molecule has 28 heavy (non-hydrogen) atoms. The zero-order valence-electron chi connectivity index (χ0n) is 15.4. The summed E-state index contributed by atoms with van der Waals surface area (Å²) in [5.41, 5.74) is 2.88. The van der Waals surface area contributed by atoms with Crippen molar-refractivity contribution in [1.82, 2.24) is 9.29 Å². The van der Waals surface area contributed by atoms with Gasteiger partial charge in [-0.05, 0) is 42.7 Å². The van der Waals surface area contributed by atoms with Gasteiger partial charge in [0, 0.05) is 24.2 Å². The van der Waals surface area contributed by atoms with Crippen LogP contribution in [0.5, 0.6) is 0 Å². The third-order valence-electron chi connectivity index (χ3n) is 4.64. The van der Waals surface area contributed by atoms with Crippen LogP contribution in [-0.4, -0.2) is 36.4 Å². The number of hydrogen-bond donors (Lipinski definition) is 1. The second-order valence-electron chi connectivity index (χ2n) is 6.69. The zero-order chi connectivity index (χ0) is 19.9. The van der Waals surface area contributed by atoms with E-state index in [1.54, 1.807) is 5.38 Å². The molecule has 0 radical (unpaired) electrons. The summed E-state index contributed by atoms with van der Waals surface area (Å²) < 4.78 is 30.6. The number of carbonyl (C=O) groups excluding carboxylic acids is 1. The fourth-order valence-electron chi connectivity index (χ4n) is 3.21. The number of sulfonamides is 1. The summed E-state index contributed by atoms with van der Waals surface area (Å²) >= 11 is 1.35. The molecule has 0 saturated carbocycles. The predicted octanol–water partition coefficient (Wildman–Crippen LogP) is 3.28. The average molecular weight is 418 g/mol. The molecule has 7 nitrogen and oxygen atoms in total. The lowest BCUT2D eigenvalue weighted by Gasteiger charge is -2.28. The number of aromatic nitrogens is 1. The van der Waals surface area contributed by atoms with Crippen molar-refractivity contribution < 1.29 is 17.6 Å². The Kier molecular flexibility index (Phi) is 4.82. The van der Waals surface area contributed by atoms with E-state index in [1.807, 2.05) is 37.3 Å². The lowest BCUT2D eigenvalue weighted by molar-refractivity contribution is 0.102. The lowest BCUT2D eigenvalue weighted by Crippen LogP contribution is -2.35. The SMILES string of the molecule is Cc1ccc(-c2nc(C(=O)Nc3cccc4c3CCN(S(C)(=O)=O)C4)cs2)o1. The van der Waals surface area contributed by atoms with Crippen LogP contribution in [0.2, 0.25) is 0 Å². The number of fused-ring (bicyclic) bond motifs is 1. The van der Waals surface area contributed by atoms with Crippen LogP contribution >= 0.6 is 11.3 Å². The quantitative estimate of drug-likeness (QED) is 0.703. The Morgan fingerprint density at radius 3 is 2.82 bits per heavy atom. The van der Waals surface area contributed by atoms with Crippen molar-refractivity contribution in [2.75, 3.05) is 18.1 Å². The van der Waals surface area contributed by atoms with Crippen LogP contribution < -0.4 is 5.32 Å². The summed E-state index contributed by atoms with van der Waals surface area (Å²) in [6, 6.07) is 9.22. The number of carbonyl (C=O) groups is 1. The Labute approximate surface area is 167 Å². The topological polar surface area (TPSA) is 92.5 Å². The molecule has 3 heterocycles. The summed E-state index contributed by atoms with van der Waals surface area (Å²) in [5.74, 6) is 1.12. The smallest absolute Gasteiger partial charge is 0.275 e. The van der Waals surface area contributed by atoms with Gasteiger partial charge in [-0.3, -0.25) is 4.79 Å². The lowest BCUT2D eigenvalue weighted by atomic mass is 9.99. The van der Waals surface area contributed by atoms with Gasteiger partial charge in [0.2, 0.25) is 10.0 Å². The van der Waals surface area contributed by atoms with E-state index in [9.17, 15) is 13.2 Å². The van der Waals surface area contributed by atoms with Crippen LogP contribution in [0.1, 0.15) is 27.4 Å². The maximum Gasteiger partial charge on any atom is 0.275 e. The monoisotopic (exact) mass is 417 g/mol. The number of hydrogen-bond acceptors (Lipinski definition) is 6. The number of anilines is 1. The van der Waals surface area contributed by atoms with Crippen LogP contribution in [0.3, 0.4) is 0 Å². The highest BCUT2D eigenvalue weighted by Crippen LogP contribution is 2.29. The van der Waals surface area contributed by atoms with E-state index in [-0.39, 0.29) is 5.91 Å². The van der Waals surface area contributed by atoms with Gasteiger partial charge in [-0.15, -0.1) is 11.3 Å². The Balaban J connectivity index is 1.54. The van der Waals surface area contributed by atoms with Crippen LogP contribution in [0.15, 0.2) is 40.1 Å². The molecular formula is C19H19N3O4S2. The molecule has 1 aliphatic rings. The van der Waals surface area contributed by atoms with Gasteiger partial charge >= 0.3 is 0 Å². The second-order valence-corrected chi connectivity index (χ2v) is 9.53. The first kappa shape index (κ1) is 18.9. The molecule has 0 unspecified atom stereocenters. The van der Waals surface area contributed by atoms with Crippen LogP contribution in [0.4, 0.5) is 5.69 Å². The highest BCUT2D eigenvalue weighted by molar-refractivity contribution is 7.88. The first-order valence-electron chi connectivity index (χ1n) is 8.71. The summed E-state index contributed by atoms with van der Waals surface area (Å²) in [7, 11) is -3.24. The summed E-state index contributed by atoms with van der Waals surface area (Å²) in [4.78, 5) is 17.0. The zero-order valence-corrected chi connectivity index (χ0v) is 17.1. The number of furan rings is 1. The molecule has 0 aliphatic carbocycles. The fraction of sp³-hybridized carbons (Fsp3) is 0.263. The average Bonchev–Trinajstić information content (AvgIpc) is 3.30. The normalized spacial score (nSPS) is 14.6. The fourth-order valence-corrected chi connectivity index (χ4v) is 4.77. The number of benzene rings is 1. The van der Waals surface area contributed by atoms with Crippen molar-refractivity contribution in [3.05, 3.63) is 58.3 Å². The molecule has 0 fully saturated rings. The van der Waals surface area contributed by atoms with Gasteiger partial charge in [0.1, 0.15) is 11.5 Å². The number of nitrogens with zero attached hydrogens (tertiary/aromatic N) is 2. The number of rotatable bonds is 4. The van der Waals surface area contributed by atoms with Gasteiger partial charge in [0.25, 0.3) is 5.91 Å². The standard InChI is InChI=1S/C19H19N3O4S2/c1-12-6-7-17(26-12)19-21-16(11-27-19)18(23)20-15-5-3-4-13-10-22(28(2,24)25)9-8-14(13)15/h3-7,11H,8-10H2,1-2H3,(H,20,23). The minimum atomic E-state index is -3.24. The predicted molar refractivity (Wildman–Crippen MR) is 108 cm³/mol. The van der Waals surface area contributed by atoms with Crippen molar-refractivity contribution in [1.29, 1.82) is 0 Å². The van der Waals surface area contributed by atoms with Crippen molar-refractivity contribution in [2.24, 2.45) is 0 Å². The molecule has 0 spiro atoms. The van der Waals surface area contributed by atoms with Gasteiger partial charge < -0.3 is 9.73 Å². The molecule has 146 valence electrons. The van der Waals surface area contributed by atoms with E-state index in [0.29, 0.717) is 41.7 Å². The molecule has 0 bridgehead atoms. The minimum Gasteiger partial charge on any atom is -0.459 e.